The second kappa shape index (κ2) is 8.08. The van der Waals surface area contributed by atoms with Crippen molar-refractivity contribution in [1.82, 2.24) is 9.97 Å². The first-order chi connectivity index (χ1) is 14.1. The second-order valence-corrected chi connectivity index (χ2v) is 7.48. The Morgan fingerprint density at radius 1 is 1.41 bits per heavy atom. The van der Waals surface area contributed by atoms with Crippen molar-refractivity contribution in [3.8, 4) is 0 Å². The molecule has 0 radical (unpaired) electrons. The van der Waals surface area contributed by atoms with E-state index in [1.165, 1.54) is 0 Å². The number of anilines is 3. The summed E-state index contributed by atoms with van der Waals surface area (Å²) in [5.74, 6) is -0.309. The zero-order valence-electron chi connectivity index (χ0n) is 16.5. The number of furan rings is 1. The molecule has 0 aliphatic carbocycles. The maximum atomic E-state index is 13.1. The Labute approximate surface area is 169 Å². The van der Waals surface area contributed by atoms with Gasteiger partial charge in [-0.1, -0.05) is 13.3 Å². The van der Waals surface area contributed by atoms with E-state index >= 15 is 0 Å². The summed E-state index contributed by atoms with van der Waals surface area (Å²) in [5, 5.41) is 2.93. The molecule has 1 aliphatic rings. The standard InChI is InChI=1S/C21H26N6O2/c1-2-4-13-9-17-19(25-10-13)18(20(23)29-17)21(28)26-15-11-24-7-6-16(15)27-8-3-5-14(22)12-27/h6-7,9-11,14H,2-5,8,12,22-23H2,1H3,(H,26,28)/t14-/m1/s1. The number of pyridine rings is 2. The SMILES string of the molecule is CCCc1cnc2c(C(=O)Nc3cnccc3N3CCC[C@@H](N)C3)c(N)oc2c1. The van der Waals surface area contributed by atoms with Crippen LogP contribution in [0.4, 0.5) is 17.3 Å². The van der Waals surface area contributed by atoms with E-state index in [0.29, 0.717) is 16.8 Å². The summed E-state index contributed by atoms with van der Waals surface area (Å²) in [7, 11) is 0. The summed E-state index contributed by atoms with van der Waals surface area (Å²) in [6.07, 6.45) is 9.03. The smallest absolute Gasteiger partial charge is 0.263 e. The number of rotatable bonds is 5. The maximum Gasteiger partial charge on any atom is 0.263 e. The zero-order valence-corrected chi connectivity index (χ0v) is 16.5. The fourth-order valence-electron chi connectivity index (χ4n) is 3.85. The third-order valence-corrected chi connectivity index (χ3v) is 5.22. The van der Waals surface area contributed by atoms with Crippen molar-refractivity contribution in [2.24, 2.45) is 5.73 Å². The highest BCUT2D eigenvalue weighted by Crippen LogP contribution is 2.31. The van der Waals surface area contributed by atoms with Crippen molar-refractivity contribution in [3.63, 3.8) is 0 Å². The number of fused-ring (bicyclic) bond motifs is 1. The van der Waals surface area contributed by atoms with Crippen molar-refractivity contribution in [2.75, 3.05) is 29.0 Å². The fourth-order valence-corrected chi connectivity index (χ4v) is 3.85. The van der Waals surface area contributed by atoms with Crippen LogP contribution in [-0.2, 0) is 6.42 Å². The summed E-state index contributed by atoms with van der Waals surface area (Å²) in [6.45, 7) is 3.73. The lowest BCUT2D eigenvalue weighted by molar-refractivity contribution is 0.102. The van der Waals surface area contributed by atoms with E-state index in [-0.39, 0.29) is 23.4 Å². The molecule has 8 nitrogen and oxygen atoms in total. The molecule has 1 saturated heterocycles. The van der Waals surface area contributed by atoms with Crippen LogP contribution in [0, 0.1) is 0 Å². The predicted octanol–water partition coefficient (Wildman–Crippen LogP) is 2.94. The zero-order chi connectivity index (χ0) is 20.4. The molecule has 4 rings (SSSR count). The van der Waals surface area contributed by atoms with Gasteiger partial charge < -0.3 is 26.1 Å². The lowest BCUT2D eigenvalue weighted by Crippen LogP contribution is -2.43. The van der Waals surface area contributed by atoms with Gasteiger partial charge in [0.15, 0.2) is 5.58 Å². The first-order valence-electron chi connectivity index (χ1n) is 9.99. The van der Waals surface area contributed by atoms with Crippen LogP contribution in [0.15, 0.2) is 35.1 Å². The van der Waals surface area contributed by atoms with E-state index in [1.807, 2.05) is 12.1 Å². The Bertz CT molecular complexity index is 1030. The van der Waals surface area contributed by atoms with Gasteiger partial charge in [-0.15, -0.1) is 0 Å². The summed E-state index contributed by atoms with van der Waals surface area (Å²) in [5.41, 5.74) is 15.9. The van der Waals surface area contributed by atoms with Gasteiger partial charge in [0, 0.05) is 31.5 Å². The van der Waals surface area contributed by atoms with E-state index in [4.69, 9.17) is 15.9 Å². The summed E-state index contributed by atoms with van der Waals surface area (Å²) in [6, 6.07) is 3.90. The number of nitrogens with two attached hydrogens (primary N) is 2. The van der Waals surface area contributed by atoms with Gasteiger partial charge in [0.2, 0.25) is 5.88 Å². The highest BCUT2D eigenvalue weighted by atomic mass is 16.3. The lowest BCUT2D eigenvalue weighted by Gasteiger charge is -2.33. The average molecular weight is 394 g/mol. The normalized spacial score (nSPS) is 16.9. The molecule has 0 saturated carbocycles. The van der Waals surface area contributed by atoms with Gasteiger partial charge in [-0.25, -0.2) is 0 Å². The lowest BCUT2D eigenvalue weighted by atomic mass is 10.1. The molecule has 0 aromatic carbocycles. The van der Waals surface area contributed by atoms with E-state index in [2.05, 4.69) is 27.1 Å². The molecule has 3 aromatic rings. The van der Waals surface area contributed by atoms with Crippen molar-refractivity contribution < 1.29 is 9.21 Å². The molecule has 0 unspecified atom stereocenters. The molecule has 1 fully saturated rings. The summed E-state index contributed by atoms with van der Waals surface area (Å²) in [4.78, 5) is 23.8. The number of piperidine rings is 1. The van der Waals surface area contributed by atoms with Crippen LogP contribution in [0.5, 0.6) is 0 Å². The number of nitrogen functional groups attached to an aromatic ring is 1. The topological polar surface area (TPSA) is 123 Å². The first kappa shape index (κ1) is 19.2. The van der Waals surface area contributed by atoms with Gasteiger partial charge in [-0.05, 0) is 37.0 Å². The predicted molar refractivity (Wildman–Crippen MR) is 114 cm³/mol. The molecule has 4 heterocycles. The largest absolute Gasteiger partial charge is 0.438 e. The number of nitrogens with one attached hydrogen (secondary N) is 1. The van der Waals surface area contributed by atoms with Crippen molar-refractivity contribution in [3.05, 3.63) is 41.9 Å². The van der Waals surface area contributed by atoms with Crippen molar-refractivity contribution in [1.29, 1.82) is 0 Å². The number of aryl methyl sites for hydroxylation is 1. The monoisotopic (exact) mass is 394 g/mol. The van der Waals surface area contributed by atoms with Crippen LogP contribution in [0.1, 0.15) is 42.1 Å². The molecule has 8 heteroatoms. The molecule has 152 valence electrons. The number of hydrogen-bond donors (Lipinski definition) is 3. The number of aromatic nitrogens is 2. The van der Waals surface area contributed by atoms with Crippen LogP contribution in [0.2, 0.25) is 0 Å². The molecule has 3 aromatic heterocycles. The minimum atomic E-state index is -0.368. The van der Waals surface area contributed by atoms with E-state index in [1.54, 1.807) is 18.6 Å². The van der Waals surface area contributed by atoms with Crippen LogP contribution < -0.4 is 21.7 Å². The number of carbonyl (C=O) groups excluding carboxylic acids is 1. The Balaban J connectivity index is 1.63. The van der Waals surface area contributed by atoms with E-state index in [0.717, 1.165) is 50.0 Å². The molecule has 1 atom stereocenters. The Hall–Kier alpha value is -3.13. The summed E-state index contributed by atoms with van der Waals surface area (Å²) >= 11 is 0. The highest BCUT2D eigenvalue weighted by molar-refractivity contribution is 6.15. The van der Waals surface area contributed by atoms with Gasteiger partial charge in [0.1, 0.15) is 11.1 Å². The third kappa shape index (κ3) is 3.88. The minimum absolute atomic E-state index is 0.0593. The Morgan fingerprint density at radius 3 is 3.07 bits per heavy atom. The van der Waals surface area contributed by atoms with E-state index < -0.39 is 0 Å². The fraction of sp³-hybridized carbons (Fsp3) is 0.381. The molecule has 0 bridgehead atoms. The number of hydrogen-bond acceptors (Lipinski definition) is 7. The van der Waals surface area contributed by atoms with Gasteiger partial charge >= 0.3 is 0 Å². The van der Waals surface area contributed by atoms with Gasteiger partial charge in [-0.2, -0.15) is 0 Å². The number of amides is 1. The molecule has 29 heavy (non-hydrogen) atoms. The molecule has 1 aliphatic heterocycles. The molecular formula is C21H26N6O2. The van der Waals surface area contributed by atoms with Crippen LogP contribution in [-0.4, -0.2) is 35.0 Å². The van der Waals surface area contributed by atoms with Crippen LogP contribution >= 0.6 is 0 Å². The van der Waals surface area contributed by atoms with E-state index in [9.17, 15) is 4.79 Å². The van der Waals surface area contributed by atoms with Gasteiger partial charge in [0.05, 0.1) is 17.6 Å². The third-order valence-electron chi connectivity index (χ3n) is 5.22. The van der Waals surface area contributed by atoms with Crippen molar-refractivity contribution >= 4 is 34.3 Å². The molecule has 1 amide bonds. The molecular weight excluding hydrogens is 368 g/mol. The Morgan fingerprint density at radius 2 is 2.28 bits per heavy atom. The summed E-state index contributed by atoms with van der Waals surface area (Å²) < 4.78 is 5.62. The number of carbonyl (C=O) groups is 1. The highest BCUT2D eigenvalue weighted by Gasteiger charge is 2.24. The molecule has 5 N–H and O–H groups in total. The van der Waals surface area contributed by atoms with Gasteiger partial charge in [-0.3, -0.25) is 14.8 Å². The van der Waals surface area contributed by atoms with Crippen molar-refractivity contribution in [2.45, 2.75) is 38.6 Å². The maximum absolute atomic E-state index is 13.1. The number of nitrogens with zero attached hydrogens (tertiary/aromatic N) is 3. The first-order valence-corrected chi connectivity index (χ1v) is 9.99. The molecule has 0 spiro atoms. The minimum Gasteiger partial charge on any atom is -0.438 e. The quantitative estimate of drug-likeness (QED) is 0.608. The van der Waals surface area contributed by atoms with Crippen LogP contribution in [0.25, 0.3) is 11.1 Å². The van der Waals surface area contributed by atoms with Crippen LogP contribution in [0.3, 0.4) is 0 Å². The van der Waals surface area contributed by atoms with Gasteiger partial charge in [0.25, 0.3) is 5.91 Å². The second-order valence-electron chi connectivity index (χ2n) is 7.48. The average Bonchev–Trinajstić information content (AvgIpc) is 3.03. The Kier molecular flexibility index (Phi) is 5.35.